The van der Waals surface area contributed by atoms with Gasteiger partial charge >= 0.3 is 11.9 Å². The second kappa shape index (κ2) is 7.94. The Bertz CT molecular complexity index is 413. The van der Waals surface area contributed by atoms with Crippen LogP contribution in [0.1, 0.15) is 20.3 Å². The van der Waals surface area contributed by atoms with Crippen LogP contribution in [0.4, 0.5) is 0 Å². The van der Waals surface area contributed by atoms with E-state index in [1.54, 1.807) is 25.6 Å². The third-order valence-corrected chi connectivity index (χ3v) is 4.49. The fourth-order valence-corrected chi connectivity index (χ4v) is 3.46. The second-order valence-corrected chi connectivity index (χ2v) is 6.03. The maximum Gasteiger partial charge on any atom is 0.338 e. The third kappa shape index (κ3) is 3.80. The summed E-state index contributed by atoms with van der Waals surface area (Å²) >= 11 is 1.62. The smallest absolute Gasteiger partial charge is 0.338 e. The van der Waals surface area contributed by atoms with E-state index in [2.05, 4.69) is 0 Å². The van der Waals surface area contributed by atoms with Crippen LogP contribution in [0, 0.1) is 5.92 Å². The van der Waals surface area contributed by atoms with Crippen molar-refractivity contribution in [2.75, 3.05) is 24.7 Å². The first kappa shape index (κ1) is 17.2. The van der Waals surface area contributed by atoms with Gasteiger partial charge in [0.15, 0.2) is 18.5 Å². The van der Waals surface area contributed by atoms with E-state index >= 15 is 0 Å². The van der Waals surface area contributed by atoms with Gasteiger partial charge in [0.05, 0.1) is 19.1 Å². The van der Waals surface area contributed by atoms with Crippen LogP contribution in [-0.2, 0) is 33.3 Å². The van der Waals surface area contributed by atoms with Gasteiger partial charge in [-0.15, -0.1) is 0 Å². The van der Waals surface area contributed by atoms with Crippen molar-refractivity contribution in [1.82, 2.24) is 0 Å². The van der Waals surface area contributed by atoms with Gasteiger partial charge < -0.3 is 18.9 Å². The van der Waals surface area contributed by atoms with E-state index in [4.69, 9.17) is 18.9 Å². The molecule has 0 bridgehead atoms. The minimum atomic E-state index is -1.19. The Morgan fingerprint density at radius 2 is 1.68 bits per heavy atom. The number of rotatable bonds is 5. The zero-order valence-corrected chi connectivity index (χ0v) is 13.4. The van der Waals surface area contributed by atoms with E-state index in [0.29, 0.717) is 12.2 Å². The van der Waals surface area contributed by atoms with Crippen molar-refractivity contribution in [3.63, 3.8) is 0 Å². The Hall–Kier alpha value is -1.12. The van der Waals surface area contributed by atoms with E-state index in [1.807, 2.05) is 0 Å². The van der Waals surface area contributed by atoms with Gasteiger partial charge in [0.2, 0.25) is 0 Å². The lowest BCUT2D eigenvalue weighted by Crippen LogP contribution is -2.39. The van der Waals surface area contributed by atoms with Crippen molar-refractivity contribution in [2.24, 2.45) is 5.92 Å². The van der Waals surface area contributed by atoms with Crippen molar-refractivity contribution in [2.45, 2.75) is 38.8 Å². The molecule has 2 fully saturated rings. The summed E-state index contributed by atoms with van der Waals surface area (Å²) in [6, 6.07) is 0. The highest BCUT2D eigenvalue weighted by Crippen LogP contribution is 2.32. The summed E-state index contributed by atoms with van der Waals surface area (Å²) in [6.45, 7) is 3.64. The number of hydrogen-bond donors (Lipinski definition) is 0. The lowest BCUT2D eigenvalue weighted by molar-refractivity contribution is -0.163. The molecule has 8 heteroatoms. The molecule has 2 saturated heterocycles. The van der Waals surface area contributed by atoms with Gasteiger partial charge in [-0.1, -0.05) is 0 Å². The van der Waals surface area contributed by atoms with Crippen molar-refractivity contribution in [1.29, 1.82) is 0 Å². The fourth-order valence-electron chi connectivity index (χ4n) is 2.35. The highest BCUT2D eigenvalue weighted by molar-refractivity contribution is 7.99. The molecule has 0 saturated carbocycles. The molecule has 0 aromatic carbocycles. The van der Waals surface area contributed by atoms with Gasteiger partial charge in [-0.2, -0.15) is 11.8 Å². The first-order chi connectivity index (χ1) is 10.6. The van der Waals surface area contributed by atoms with Gasteiger partial charge in [0.1, 0.15) is 5.78 Å². The second-order valence-electron chi connectivity index (χ2n) is 4.88. The van der Waals surface area contributed by atoms with Crippen LogP contribution in [0.3, 0.4) is 0 Å². The Balaban J connectivity index is 2.10. The van der Waals surface area contributed by atoms with Crippen LogP contribution in [0.2, 0.25) is 0 Å². The quantitative estimate of drug-likeness (QED) is 0.674. The highest BCUT2D eigenvalue weighted by atomic mass is 32.2. The monoisotopic (exact) mass is 332 g/mol. The fraction of sp³-hybridized carbons (Fsp3) is 0.786. The van der Waals surface area contributed by atoms with E-state index in [9.17, 15) is 14.4 Å². The van der Waals surface area contributed by atoms with Crippen molar-refractivity contribution in [3.8, 4) is 0 Å². The Kier molecular flexibility index (Phi) is 6.22. The molecular weight excluding hydrogens is 312 g/mol. The molecule has 0 N–H and O–H groups in total. The third-order valence-electron chi connectivity index (χ3n) is 3.41. The molecule has 124 valence electrons. The molecule has 2 aliphatic heterocycles. The minimum absolute atomic E-state index is 0.0240. The lowest BCUT2D eigenvalue weighted by Gasteiger charge is -2.24. The molecule has 2 rings (SSSR count). The number of hydrogen-bond acceptors (Lipinski definition) is 8. The molecule has 0 amide bonds. The summed E-state index contributed by atoms with van der Waals surface area (Å²) in [4.78, 5) is 35.9. The van der Waals surface area contributed by atoms with E-state index in [1.165, 1.54) is 0 Å². The Labute approximate surface area is 133 Å². The molecule has 0 aromatic rings. The van der Waals surface area contributed by atoms with Crippen molar-refractivity contribution in [3.05, 3.63) is 0 Å². The average Bonchev–Trinajstić information content (AvgIpc) is 2.93. The molecular formula is C14H20O7S. The number of carbonyl (C=O) groups is 3. The van der Waals surface area contributed by atoms with Crippen LogP contribution in [0.15, 0.2) is 0 Å². The number of carbonyl (C=O) groups excluding carboxylic acids is 3. The number of Topliss-reactive ketones (excluding diaryl/α,β-unsaturated/α-hetero) is 1. The lowest BCUT2D eigenvalue weighted by atomic mass is 10.0. The van der Waals surface area contributed by atoms with Gasteiger partial charge in [0, 0.05) is 17.9 Å². The zero-order valence-electron chi connectivity index (χ0n) is 12.6. The maximum atomic E-state index is 12.0. The standard InChI is InChI=1S/C14H20O7S/c1-3-18-12(16)10-11(13(17)19-4-2)21-14(20-10)8-7-22-6-5-9(8)15/h8,10-11,14H,3-7H2,1-2H3/t8-,10+,11+/m0/s1. The summed E-state index contributed by atoms with van der Waals surface area (Å²) in [5.74, 6) is -0.497. The van der Waals surface area contributed by atoms with Crippen molar-refractivity contribution >= 4 is 29.5 Å². The Morgan fingerprint density at radius 3 is 2.14 bits per heavy atom. The number of esters is 2. The normalized spacial score (nSPS) is 29.4. The molecule has 3 atom stereocenters. The van der Waals surface area contributed by atoms with Crippen LogP contribution in [-0.4, -0.2) is 60.9 Å². The molecule has 7 nitrogen and oxygen atoms in total. The van der Waals surface area contributed by atoms with Crippen LogP contribution >= 0.6 is 11.8 Å². The predicted octanol–water partition coefficient (Wildman–Crippen LogP) is 0.545. The molecule has 0 aliphatic carbocycles. The molecule has 0 aromatic heterocycles. The first-order valence-corrected chi connectivity index (χ1v) is 8.48. The van der Waals surface area contributed by atoms with Gasteiger partial charge in [-0.25, -0.2) is 9.59 Å². The number of ether oxygens (including phenoxy) is 4. The maximum absolute atomic E-state index is 12.0. The number of ketones is 1. The van der Waals surface area contributed by atoms with Crippen molar-refractivity contribution < 1.29 is 33.3 Å². The topological polar surface area (TPSA) is 88.1 Å². The van der Waals surface area contributed by atoms with E-state index in [-0.39, 0.29) is 19.0 Å². The summed E-state index contributed by atoms with van der Waals surface area (Å²) < 4.78 is 20.9. The van der Waals surface area contributed by atoms with Crippen LogP contribution < -0.4 is 0 Å². The molecule has 0 unspecified atom stereocenters. The summed E-state index contributed by atoms with van der Waals surface area (Å²) in [6.07, 6.45) is -2.86. The first-order valence-electron chi connectivity index (χ1n) is 7.33. The molecule has 2 aliphatic rings. The van der Waals surface area contributed by atoms with Gasteiger partial charge in [0.25, 0.3) is 0 Å². The SMILES string of the molecule is CCOC(=O)[C@@H]1OC([C@H]2CSCCC2=O)O[C@H]1C(=O)OCC. The number of thioether (sulfide) groups is 1. The van der Waals surface area contributed by atoms with Crippen LogP contribution in [0.25, 0.3) is 0 Å². The predicted molar refractivity (Wildman–Crippen MR) is 77.2 cm³/mol. The summed E-state index contributed by atoms with van der Waals surface area (Å²) in [5.41, 5.74) is 0. The minimum Gasteiger partial charge on any atom is -0.464 e. The highest BCUT2D eigenvalue weighted by Gasteiger charge is 2.50. The summed E-state index contributed by atoms with van der Waals surface area (Å²) in [7, 11) is 0. The largest absolute Gasteiger partial charge is 0.464 e. The van der Waals surface area contributed by atoms with Crippen LogP contribution in [0.5, 0.6) is 0 Å². The average molecular weight is 332 g/mol. The summed E-state index contributed by atoms with van der Waals surface area (Å²) in [5, 5.41) is 0. The Morgan fingerprint density at radius 1 is 1.14 bits per heavy atom. The molecule has 0 spiro atoms. The zero-order chi connectivity index (χ0) is 16.1. The van der Waals surface area contributed by atoms with Gasteiger partial charge in [-0.3, -0.25) is 4.79 Å². The van der Waals surface area contributed by atoms with E-state index in [0.717, 1.165) is 5.75 Å². The van der Waals surface area contributed by atoms with E-state index < -0.39 is 36.4 Å². The molecule has 0 radical (unpaired) electrons. The van der Waals surface area contributed by atoms with Gasteiger partial charge in [-0.05, 0) is 13.8 Å². The molecule has 22 heavy (non-hydrogen) atoms. The molecule has 2 heterocycles.